The molecule has 2 saturated heterocycles. The number of aliphatic hydroxyl groups is 2. The Kier molecular flexibility index (Phi) is 3.26. The first kappa shape index (κ1) is 12.6. The van der Waals surface area contributed by atoms with Crippen molar-refractivity contribution in [1.82, 2.24) is 0 Å². The fourth-order valence-electron chi connectivity index (χ4n) is 2.07. The van der Waals surface area contributed by atoms with E-state index in [4.69, 9.17) is 19.7 Å². The van der Waals surface area contributed by atoms with Gasteiger partial charge in [-0.2, -0.15) is 0 Å². The van der Waals surface area contributed by atoms with Crippen molar-refractivity contribution >= 4 is 0 Å². The molecule has 2 fully saturated rings. The largest absolute Gasteiger partial charge is 0.387 e. The second kappa shape index (κ2) is 4.41. The fourth-order valence-corrected chi connectivity index (χ4v) is 2.07. The summed E-state index contributed by atoms with van der Waals surface area (Å²) in [7, 11) is 0. The van der Waals surface area contributed by atoms with E-state index in [1.54, 1.807) is 13.8 Å². The van der Waals surface area contributed by atoms with Gasteiger partial charge in [0.25, 0.3) is 0 Å². The van der Waals surface area contributed by atoms with E-state index in [9.17, 15) is 10.2 Å². The molecular formula is C9H15N3O5. The molecule has 0 aromatic carbocycles. The minimum absolute atomic E-state index is 0.00533. The molecule has 0 radical (unpaired) electrons. The molecule has 2 rings (SSSR count). The minimum atomic E-state index is -1.23. The van der Waals surface area contributed by atoms with Gasteiger partial charge in [-0.25, -0.2) is 0 Å². The number of ether oxygens (including phenoxy) is 3. The van der Waals surface area contributed by atoms with Gasteiger partial charge in [0.05, 0.1) is 6.10 Å². The van der Waals surface area contributed by atoms with Crippen LogP contribution in [0, 0.1) is 0 Å². The third-order valence-corrected chi connectivity index (χ3v) is 2.74. The Morgan fingerprint density at radius 2 is 2.18 bits per heavy atom. The van der Waals surface area contributed by atoms with Crippen LogP contribution in [0.5, 0.6) is 0 Å². The molecule has 0 spiro atoms. The molecule has 17 heavy (non-hydrogen) atoms. The van der Waals surface area contributed by atoms with Crippen molar-refractivity contribution < 1.29 is 24.4 Å². The minimum Gasteiger partial charge on any atom is -0.387 e. The van der Waals surface area contributed by atoms with Crippen LogP contribution in [0.25, 0.3) is 10.4 Å². The summed E-state index contributed by atoms with van der Waals surface area (Å²) in [6.45, 7) is 3.45. The van der Waals surface area contributed by atoms with Crippen LogP contribution in [0.15, 0.2) is 5.11 Å². The van der Waals surface area contributed by atoms with Gasteiger partial charge in [-0.3, -0.25) is 0 Å². The zero-order chi connectivity index (χ0) is 12.6. The Labute approximate surface area is 97.7 Å². The first-order valence-corrected chi connectivity index (χ1v) is 5.34. The molecular weight excluding hydrogens is 230 g/mol. The van der Waals surface area contributed by atoms with E-state index in [2.05, 4.69) is 10.0 Å². The molecule has 0 aliphatic carbocycles. The standard InChI is InChI=1S/C9H15N3O5/c1-9(2)16-7-6(14)4(15-8(7)17-9)3-5(13)11-12-10/h4-8,13-14H,3H2,1-2H3/t4-,5-,6+,7-,8-/m0/s1. The third-order valence-electron chi connectivity index (χ3n) is 2.74. The molecule has 0 unspecified atom stereocenters. The lowest BCUT2D eigenvalue weighted by Crippen LogP contribution is -2.35. The Bertz CT molecular complexity index is 344. The zero-order valence-electron chi connectivity index (χ0n) is 9.55. The first-order chi connectivity index (χ1) is 7.93. The van der Waals surface area contributed by atoms with Crippen molar-refractivity contribution in [2.75, 3.05) is 0 Å². The Balaban J connectivity index is 1.96. The van der Waals surface area contributed by atoms with E-state index < -0.39 is 36.6 Å². The highest BCUT2D eigenvalue weighted by Crippen LogP contribution is 2.38. The fraction of sp³-hybridized carbons (Fsp3) is 1.00. The smallest absolute Gasteiger partial charge is 0.190 e. The average molecular weight is 245 g/mol. The van der Waals surface area contributed by atoms with E-state index in [0.29, 0.717) is 0 Å². The summed E-state index contributed by atoms with van der Waals surface area (Å²) in [4.78, 5) is 2.47. The zero-order valence-corrected chi connectivity index (χ0v) is 9.55. The number of nitrogens with zero attached hydrogens (tertiary/aromatic N) is 3. The van der Waals surface area contributed by atoms with Gasteiger partial charge in [-0.05, 0) is 19.4 Å². The highest BCUT2D eigenvalue weighted by Gasteiger charge is 2.54. The topological polar surface area (TPSA) is 117 Å². The molecule has 0 aromatic heterocycles. The molecule has 0 saturated carbocycles. The monoisotopic (exact) mass is 245 g/mol. The van der Waals surface area contributed by atoms with E-state index in [1.807, 2.05) is 0 Å². The normalized spacial score (nSPS) is 40.7. The SMILES string of the molecule is CC1(C)O[C@@H]2O[C@@H](C[C@H](O)N=[N+]=[N-])[C@@H](O)[C@@H]2O1. The summed E-state index contributed by atoms with van der Waals surface area (Å²) in [6.07, 6.45) is -4.03. The summed E-state index contributed by atoms with van der Waals surface area (Å²) in [6, 6.07) is 0. The van der Waals surface area contributed by atoms with Gasteiger partial charge in [-0.1, -0.05) is 5.11 Å². The number of aliphatic hydroxyl groups excluding tert-OH is 2. The molecule has 2 N–H and O–H groups in total. The quantitative estimate of drug-likeness (QED) is 0.419. The van der Waals surface area contributed by atoms with Crippen LogP contribution >= 0.6 is 0 Å². The maximum Gasteiger partial charge on any atom is 0.190 e. The number of fused-ring (bicyclic) bond motifs is 1. The van der Waals surface area contributed by atoms with Gasteiger partial charge < -0.3 is 24.4 Å². The number of rotatable bonds is 3. The van der Waals surface area contributed by atoms with Crippen LogP contribution in [0.3, 0.4) is 0 Å². The Morgan fingerprint density at radius 1 is 1.47 bits per heavy atom. The number of hydrogen-bond acceptors (Lipinski definition) is 6. The molecule has 96 valence electrons. The van der Waals surface area contributed by atoms with Gasteiger partial charge in [0.2, 0.25) is 0 Å². The lowest BCUT2D eigenvalue weighted by molar-refractivity contribution is -0.217. The third kappa shape index (κ3) is 2.52. The predicted octanol–water partition coefficient (Wildman–Crippen LogP) is 0.242. The van der Waals surface area contributed by atoms with Crippen molar-refractivity contribution in [3.05, 3.63) is 10.4 Å². The van der Waals surface area contributed by atoms with Crippen LogP contribution in [0.2, 0.25) is 0 Å². The second-order valence-corrected chi connectivity index (χ2v) is 4.55. The summed E-state index contributed by atoms with van der Waals surface area (Å²) in [5.41, 5.74) is 8.15. The van der Waals surface area contributed by atoms with Gasteiger partial charge >= 0.3 is 0 Å². The van der Waals surface area contributed by atoms with Crippen LogP contribution in [0.4, 0.5) is 0 Å². The molecule has 0 aromatic rings. The van der Waals surface area contributed by atoms with Gasteiger partial charge in [0.1, 0.15) is 18.4 Å². The Hall–Kier alpha value is -0.890. The van der Waals surface area contributed by atoms with Crippen molar-refractivity contribution in [2.45, 2.75) is 56.9 Å². The van der Waals surface area contributed by atoms with Crippen LogP contribution < -0.4 is 0 Å². The maximum absolute atomic E-state index is 9.93. The molecule has 5 atom stereocenters. The summed E-state index contributed by atoms with van der Waals surface area (Å²) < 4.78 is 16.3. The summed E-state index contributed by atoms with van der Waals surface area (Å²) in [5.74, 6) is -0.787. The lowest BCUT2D eigenvalue weighted by atomic mass is 10.1. The van der Waals surface area contributed by atoms with Crippen molar-refractivity contribution in [3.63, 3.8) is 0 Å². The Morgan fingerprint density at radius 3 is 2.76 bits per heavy atom. The average Bonchev–Trinajstić information content (AvgIpc) is 2.63. The first-order valence-electron chi connectivity index (χ1n) is 5.34. The summed E-state index contributed by atoms with van der Waals surface area (Å²) >= 11 is 0. The van der Waals surface area contributed by atoms with E-state index in [0.717, 1.165) is 0 Å². The molecule has 8 nitrogen and oxygen atoms in total. The summed E-state index contributed by atoms with van der Waals surface area (Å²) in [5, 5.41) is 22.3. The second-order valence-electron chi connectivity index (χ2n) is 4.55. The lowest BCUT2D eigenvalue weighted by Gasteiger charge is -2.23. The van der Waals surface area contributed by atoms with Crippen molar-refractivity contribution in [2.24, 2.45) is 5.11 Å². The van der Waals surface area contributed by atoms with E-state index in [-0.39, 0.29) is 6.42 Å². The highest BCUT2D eigenvalue weighted by atomic mass is 16.8. The predicted molar refractivity (Wildman–Crippen MR) is 54.5 cm³/mol. The van der Waals surface area contributed by atoms with Crippen LogP contribution in [-0.4, -0.2) is 46.8 Å². The van der Waals surface area contributed by atoms with Crippen molar-refractivity contribution in [1.29, 1.82) is 0 Å². The van der Waals surface area contributed by atoms with Crippen molar-refractivity contribution in [3.8, 4) is 0 Å². The van der Waals surface area contributed by atoms with Gasteiger partial charge in [0, 0.05) is 11.3 Å². The highest BCUT2D eigenvalue weighted by molar-refractivity contribution is 4.93. The van der Waals surface area contributed by atoms with E-state index in [1.165, 1.54) is 0 Å². The molecule has 8 heteroatoms. The number of hydrogen-bond donors (Lipinski definition) is 2. The van der Waals surface area contributed by atoms with Crippen LogP contribution in [0.1, 0.15) is 20.3 Å². The maximum atomic E-state index is 9.93. The van der Waals surface area contributed by atoms with E-state index >= 15 is 0 Å². The van der Waals surface area contributed by atoms with Gasteiger partial charge in [0.15, 0.2) is 12.1 Å². The molecule has 2 aliphatic rings. The molecule has 0 bridgehead atoms. The van der Waals surface area contributed by atoms with Gasteiger partial charge in [-0.15, -0.1) is 0 Å². The molecule has 0 amide bonds. The number of azide groups is 1. The molecule has 2 aliphatic heterocycles. The molecule has 2 heterocycles. The van der Waals surface area contributed by atoms with Crippen LogP contribution in [-0.2, 0) is 14.2 Å².